The largest absolute Gasteiger partial charge is 0.422 e. The summed E-state index contributed by atoms with van der Waals surface area (Å²) in [6.07, 6.45) is 3.19. The van der Waals surface area contributed by atoms with Gasteiger partial charge in [0.15, 0.2) is 11.6 Å². The summed E-state index contributed by atoms with van der Waals surface area (Å²) in [6.45, 7) is 3.19. The number of ketones is 2. The van der Waals surface area contributed by atoms with Gasteiger partial charge >= 0.3 is 5.97 Å². The van der Waals surface area contributed by atoms with E-state index in [1.165, 1.54) is 6.08 Å². The minimum absolute atomic E-state index is 0.0427. The van der Waals surface area contributed by atoms with Gasteiger partial charge in [0.25, 0.3) is 0 Å². The average molecular weight is 358 g/mol. The molecule has 1 aliphatic carbocycles. The van der Waals surface area contributed by atoms with E-state index in [0.717, 1.165) is 5.56 Å². The molecule has 0 saturated heterocycles. The molecule has 1 aliphatic rings. The molecule has 27 heavy (non-hydrogen) atoms. The van der Waals surface area contributed by atoms with Crippen LogP contribution >= 0.6 is 0 Å². The van der Waals surface area contributed by atoms with E-state index in [1.807, 2.05) is 30.3 Å². The normalized spacial score (nSPS) is 14.2. The predicted molar refractivity (Wildman–Crippen MR) is 103 cm³/mol. The van der Waals surface area contributed by atoms with E-state index in [9.17, 15) is 14.4 Å². The minimum Gasteiger partial charge on any atom is -0.422 e. The van der Waals surface area contributed by atoms with E-state index in [2.05, 4.69) is 0 Å². The standard InChI is InChI=1S/C23H18O4/c1-15-16(2)22(25)20(21(15)24)19(14-13-17-9-5-3-6-10-17)27-23(26)18-11-7-4-8-12-18/h3-14H,1-2H3/b14-13+. The lowest BCUT2D eigenvalue weighted by atomic mass is 10.1. The van der Waals surface area contributed by atoms with E-state index in [4.69, 9.17) is 4.74 Å². The maximum atomic E-state index is 12.5. The molecule has 3 rings (SSSR count). The summed E-state index contributed by atoms with van der Waals surface area (Å²) in [5.74, 6) is -1.49. The first kappa shape index (κ1) is 18.3. The van der Waals surface area contributed by atoms with Gasteiger partial charge in [-0.15, -0.1) is 0 Å². The highest BCUT2D eigenvalue weighted by atomic mass is 16.5. The van der Waals surface area contributed by atoms with Gasteiger partial charge in [0.2, 0.25) is 0 Å². The van der Waals surface area contributed by atoms with E-state index >= 15 is 0 Å². The fourth-order valence-corrected chi connectivity index (χ4v) is 2.68. The monoisotopic (exact) mass is 358 g/mol. The first-order valence-electron chi connectivity index (χ1n) is 8.50. The van der Waals surface area contributed by atoms with Crippen LogP contribution in [0.2, 0.25) is 0 Å². The quantitative estimate of drug-likeness (QED) is 0.354. The molecule has 0 unspecified atom stereocenters. The number of rotatable bonds is 4. The van der Waals surface area contributed by atoms with Gasteiger partial charge in [-0.25, -0.2) is 4.79 Å². The fourth-order valence-electron chi connectivity index (χ4n) is 2.68. The number of Topliss-reactive ketones (excluding diaryl/α,β-unsaturated/α-hetero) is 2. The molecule has 134 valence electrons. The van der Waals surface area contributed by atoms with Crippen LogP contribution in [0.25, 0.3) is 6.08 Å². The van der Waals surface area contributed by atoms with E-state index in [-0.39, 0.29) is 11.3 Å². The van der Waals surface area contributed by atoms with Crippen molar-refractivity contribution in [3.05, 3.63) is 100 Å². The molecule has 0 amide bonds. The Morgan fingerprint density at radius 2 is 1.33 bits per heavy atom. The van der Waals surface area contributed by atoms with Gasteiger partial charge in [0, 0.05) is 11.1 Å². The number of carbonyl (C=O) groups excluding carboxylic acids is 3. The molecule has 4 nitrogen and oxygen atoms in total. The van der Waals surface area contributed by atoms with Crippen molar-refractivity contribution in [2.24, 2.45) is 0 Å². The molecule has 2 aromatic carbocycles. The Morgan fingerprint density at radius 1 is 0.815 bits per heavy atom. The summed E-state index contributed by atoms with van der Waals surface area (Å²) in [5.41, 5.74) is 1.82. The van der Waals surface area contributed by atoms with Gasteiger partial charge in [-0.2, -0.15) is 0 Å². The van der Waals surface area contributed by atoms with Crippen molar-refractivity contribution in [2.75, 3.05) is 0 Å². The van der Waals surface area contributed by atoms with Crippen molar-refractivity contribution in [3.8, 4) is 0 Å². The second-order valence-corrected chi connectivity index (χ2v) is 6.15. The van der Waals surface area contributed by atoms with Gasteiger partial charge < -0.3 is 4.74 Å². The summed E-state index contributed by atoms with van der Waals surface area (Å²) >= 11 is 0. The van der Waals surface area contributed by atoms with Crippen LogP contribution in [0.5, 0.6) is 0 Å². The lowest BCUT2D eigenvalue weighted by molar-refractivity contribution is -0.116. The molecular weight excluding hydrogens is 340 g/mol. The van der Waals surface area contributed by atoms with E-state index in [1.54, 1.807) is 50.3 Å². The molecule has 0 bridgehead atoms. The molecule has 0 radical (unpaired) electrons. The van der Waals surface area contributed by atoms with Crippen LogP contribution in [-0.4, -0.2) is 17.5 Å². The Labute approximate surface area is 157 Å². The maximum Gasteiger partial charge on any atom is 0.343 e. The van der Waals surface area contributed by atoms with Crippen molar-refractivity contribution in [1.29, 1.82) is 0 Å². The molecule has 0 heterocycles. The summed E-state index contributed by atoms with van der Waals surface area (Å²) in [6, 6.07) is 17.8. The third-order valence-corrected chi connectivity index (χ3v) is 4.38. The van der Waals surface area contributed by atoms with Gasteiger partial charge in [-0.3, -0.25) is 9.59 Å². The Balaban J connectivity index is 2.01. The summed E-state index contributed by atoms with van der Waals surface area (Å²) in [5, 5.41) is 0. The zero-order valence-corrected chi connectivity index (χ0v) is 15.1. The van der Waals surface area contributed by atoms with E-state index in [0.29, 0.717) is 16.7 Å². The number of hydrogen-bond donors (Lipinski definition) is 0. The van der Waals surface area contributed by atoms with Crippen LogP contribution in [0.3, 0.4) is 0 Å². The molecule has 0 atom stereocenters. The number of hydrogen-bond acceptors (Lipinski definition) is 4. The zero-order chi connectivity index (χ0) is 19.4. The number of esters is 1. The number of benzene rings is 2. The van der Waals surface area contributed by atoms with Crippen molar-refractivity contribution in [2.45, 2.75) is 13.8 Å². The smallest absolute Gasteiger partial charge is 0.343 e. The number of allylic oxidation sites excluding steroid dienone is 4. The second-order valence-electron chi connectivity index (χ2n) is 6.15. The highest BCUT2D eigenvalue weighted by Gasteiger charge is 2.34. The van der Waals surface area contributed by atoms with Crippen LogP contribution in [-0.2, 0) is 14.3 Å². The van der Waals surface area contributed by atoms with Gasteiger partial charge in [0.05, 0.1) is 5.56 Å². The highest BCUT2D eigenvalue weighted by molar-refractivity contribution is 6.38. The fraction of sp³-hybridized carbons (Fsp3) is 0.0870. The van der Waals surface area contributed by atoms with Gasteiger partial charge in [-0.1, -0.05) is 54.6 Å². The first-order valence-corrected chi connectivity index (χ1v) is 8.50. The van der Waals surface area contributed by atoms with Crippen LogP contribution < -0.4 is 0 Å². The molecule has 2 aromatic rings. The SMILES string of the molecule is CC1=C(C)C(=O)C(=C(/C=C/c2ccccc2)OC(=O)c2ccccc2)C1=O. The van der Waals surface area contributed by atoms with Crippen molar-refractivity contribution < 1.29 is 19.1 Å². The van der Waals surface area contributed by atoms with Crippen LogP contribution in [0.1, 0.15) is 29.8 Å². The minimum atomic E-state index is -0.626. The Bertz CT molecular complexity index is 967. The van der Waals surface area contributed by atoms with Crippen LogP contribution in [0, 0.1) is 0 Å². The maximum absolute atomic E-state index is 12.5. The molecule has 0 spiro atoms. The molecule has 0 fully saturated rings. The average Bonchev–Trinajstić information content (AvgIpc) is 2.89. The van der Waals surface area contributed by atoms with Crippen molar-refractivity contribution >= 4 is 23.6 Å². The zero-order valence-electron chi connectivity index (χ0n) is 15.1. The Hall–Kier alpha value is -3.53. The first-order chi connectivity index (χ1) is 13.0. The molecule has 0 saturated carbocycles. The van der Waals surface area contributed by atoms with E-state index < -0.39 is 17.5 Å². The van der Waals surface area contributed by atoms with Crippen LogP contribution in [0.4, 0.5) is 0 Å². The van der Waals surface area contributed by atoms with Crippen LogP contribution in [0.15, 0.2) is 89.2 Å². The van der Waals surface area contributed by atoms with Gasteiger partial charge in [0.1, 0.15) is 11.3 Å². The molecule has 0 aliphatic heterocycles. The molecular formula is C23H18O4. The van der Waals surface area contributed by atoms with Crippen molar-refractivity contribution in [1.82, 2.24) is 0 Å². The summed E-state index contributed by atoms with van der Waals surface area (Å²) < 4.78 is 5.47. The highest BCUT2D eigenvalue weighted by Crippen LogP contribution is 2.28. The Morgan fingerprint density at radius 3 is 1.89 bits per heavy atom. The predicted octanol–water partition coefficient (Wildman–Crippen LogP) is 4.30. The number of carbonyl (C=O) groups is 3. The number of ether oxygens (including phenoxy) is 1. The van der Waals surface area contributed by atoms with Crippen molar-refractivity contribution in [3.63, 3.8) is 0 Å². The summed E-state index contributed by atoms with van der Waals surface area (Å²) in [7, 11) is 0. The third-order valence-electron chi connectivity index (χ3n) is 4.38. The molecule has 4 heteroatoms. The topological polar surface area (TPSA) is 60.4 Å². The molecule has 0 aromatic heterocycles. The second kappa shape index (κ2) is 7.79. The third kappa shape index (κ3) is 3.85. The molecule has 0 N–H and O–H groups in total. The van der Waals surface area contributed by atoms with Gasteiger partial charge in [-0.05, 0) is 37.6 Å². The Kier molecular flexibility index (Phi) is 5.27. The lowest BCUT2D eigenvalue weighted by Gasteiger charge is -2.08. The summed E-state index contributed by atoms with van der Waals surface area (Å²) in [4.78, 5) is 37.5. The lowest BCUT2D eigenvalue weighted by Crippen LogP contribution is -2.12.